The Kier molecular flexibility index (Phi) is 6.55. The van der Waals surface area contributed by atoms with Gasteiger partial charge in [-0.05, 0) is 50.5 Å². The second kappa shape index (κ2) is 9.11. The van der Waals surface area contributed by atoms with Gasteiger partial charge >= 0.3 is 5.97 Å². The fourth-order valence-electron chi connectivity index (χ4n) is 3.68. The zero-order chi connectivity index (χ0) is 21.8. The average molecular weight is 408 g/mol. The van der Waals surface area contributed by atoms with E-state index < -0.39 is 23.9 Å². The van der Waals surface area contributed by atoms with E-state index in [1.165, 1.54) is 6.92 Å². The van der Waals surface area contributed by atoms with Crippen molar-refractivity contribution in [1.29, 1.82) is 0 Å². The van der Waals surface area contributed by atoms with Gasteiger partial charge in [0.25, 0.3) is 5.91 Å². The lowest BCUT2D eigenvalue weighted by Gasteiger charge is -2.20. The van der Waals surface area contributed by atoms with Gasteiger partial charge in [-0.1, -0.05) is 42.8 Å². The van der Waals surface area contributed by atoms with Crippen molar-refractivity contribution in [2.45, 2.75) is 46.6 Å². The van der Waals surface area contributed by atoms with Crippen molar-refractivity contribution in [2.24, 2.45) is 5.92 Å². The van der Waals surface area contributed by atoms with Crippen LogP contribution in [0.5, 0.6) is 0 Å². The average Bonchev–Trinajstić information content (AvgIpc) is 3.11. The lowest BCUT2D eigenvalue weighted by molar-refractivity contribution is -0.157. The minimum atomic E-state index is -0.953. The standard InChI is InChI=1S/C24H28N2O4/c1-5-18-8-6-7-9-21(18)26-14-19(13-22(26)27)24(29)30-17(4)23(28)25-20-11-10-15(2)12-16(20)3/h6-12,17,19H,5,13-14H2,1-4H3,(H,25,28)/t17-,19-/m1/s1. The SMILES string of the molecule is CCc1ccccc1N1C[C@H](C(=O)O[C@H](C)C(=O)Nc2ccc(C)cc2C)CC1=O. The summed E-state index contributed by atoms with van der Waals surface area (Å²) in [7, 11) is 0. The molecule has 2 amide bonds. The van der Waals surface area contributed by atoms with Gasteiger partial charge in [0.05, 0.1) is 5.92 Å². The Morgan fingerprint density at radius 2 is 1.93 bits per heavy atom. The van der Waals surface area contributed by atoms with Gasteiger partial charge in [-0.25, -0.2) is 0 Å². The van der Waals surface area contributed by atoms with E-state index >= 15 is 0 Å². The van der Waals surface area contributed by atoms with Crippen LogP contribution in [0.1, 0.15) is 37.0 Å². The van der Waals surface area contributed by atoms with Crippen LogP contribution in [-0.2, 0) is 25.5 Å². The number of hydrogen-bond acceptors (Lipinski definition) is 4. The second-order valence-electron chi connectivity index (χ2n) is 7.77. The number of amides is 2. The predicted molar refractivity (Wildman–Crippen MR) is 116 cm³/mol. The number of carbonyl (C=O) groups excluding carboxylic acids is 3. The van der Waals surface area contributed by atoms with E-state index in [9.17, 15) is 14.4 Å². The van der Waals surface area contributed by atoms with Crippen LogP contribution in [0.3, 0.4) is 0 Å². The van der Waals surface area contributed by atoms with Crippen LogP contribution >= 0.6 is 0 Å². The highest BCUT2D eigenvalue weighted by Gasteiger charge is 2.37. The van der Waals surface area contributed by atoms with Crippen LogP contribution < -0.4 is 10.2 Å². The molecule has 0 unspecified atom stereocenters. The highest BCUT2D eigenvalue weighted by atomic mass is 16.5. The summed E-state index contributed by atoms with van der Waals surface area (Å²) in [5, 5.41) is 2.80. The zero-order valence-corrected chi connectivity index (χ0v) is 17.9. The van der Waals surface area contributed by atoms with E-state index in [0.717, 1.165) is 28.8 Å². The minimum Gasteiger partial charge on any atom is -0.452 e. The summed E-state index contributed by atoms with van der Waals surface area (Å²) >= 11 is 0. The fraction of sp³-hybridized carbons (Fsp3) is 0.375. The molecular weight excluding hydrogens is 380 g/mol. The van der Waals surface area contributed by atoms with Gasteiger partial charge in [-0.3, -0.25) is 14.4 Å². The summed E-state index contributed by atoms with van der Waals surface area (Å²) in [5.41, 5.74) is 4.62. The van der Waals surface area contributed by atoms with Crippen LogP contribution in [0.25, 0.3) is 0 Å². The number of para-hydroxylation sites is 1. The van der Waals surface area contributed by atoms with E-state index in [1.807, 2.05) is 63.2 Å². The molecule has 0 radical (unpaired) electrons. The highest BCUT2D eigenvalue weighted by molar-refractivity contribution is 6.01. The summed E-state index contributed by atoms with van der Waals surface area (Å²) in [6, 6.07) is 13.4. The van der Waals surface area contributed by atoms with Crippen molar-refractivity contribution < 1.29 is 19.1 Å². The normalized spacial score (nSPS) is 17.0. The van der Waals surface area contributed by atoms with E-state index in [2.05, 4.69) is 5.32 Å². The molecule has 6 heteroatoms. The van der Waals surface area contributed by atoms with Crippen LogP contribution in [0.4, 0.5) is 11.4 Å². The third kappa shape index (κ3) is 4.70. The van der Waals surface area contributed by atoms with Crippen LogP contribution in [0.15, 0.2) is 42.5 Å². The largest absolute Gasteiger partial charge is 0.452 e. The van der Waals surface area contributed by atoms with Crippen LogP contribution in [0.2, 0.25) is 0 Å². The van der Waals surface area contributed by atoms with E-state index in [-0.39, 0.29) is 18.9 Å². The number of carbonyl (C=O) groups is 3. The van der Waals surface area contributed by atoms with E-state index in [0.29, 0.717) is 5.69 Å². The molecule has 1 N–H and O–H groups in total. The minimum absolute atomic E-state index is 0.0856. The molecule has 1 heterocycles. The Balaban J connectivity index is 1.61. The maximum absolute atomic E-state index is 12.6. The maximum atomic E-state index is 12.6. The molecule has 1 aliphatic heterocycles. The number of anilines is 2. The summed E-state index contributed by atoms with van der Waals surface area (Å²) in [4.78, 5) is 39.3. The third-order valence-electron chi connectivity index (χ3n) is 5.42. The number of nitrogens with zero attached hydrogens (tertiary/aromatic N) is 1. The van der Waals surface area contributed by atoms with E-state index in [1.54, 1.807) is 4.90 Å². The highest BCUT2D eigenvalue weighted by Crippen LogP contribution is 2.29. The molecule has 3 rings (SSSR count). The van der Waals surface area contributed by atoms with Gasteiger partial charge in [-0.15, -0.1) is 0 Å². The van der Waals surface area contributed by atoms with Gasteiger partial charge in [0.1, 0.15) is 0 Å². The quantitative estimate of drug-likeness (QED) is 0.738. The smallest absolute Gasteiger partial charge is 0.312 e. The van der Waals surface area contributed by atoms with Crippen molar-refractivity contribution in [1.82, 2.24) is 0 Å². The Morgan fingerprint density at radius 3 is 2.63 bits per heavy atom. The Morgan fingerprint density at radius 1 is 1.20 bits per heavy atom. The number of aryl methyl sites for hydroxylation is 3. The van der Waals surface area contributed by atoms with Crippen molar-refractivity contribution in [3.63, 3.8) is 0 Å². The van der Waals surface area contributed by atoms with Crippen molar-refractivity contribution in [3.8, 4) is 0 Å². The predicted octanol–water partition coefficient (Wildman–Crippen LogP) is 3.79. The summed E-state index contributed by atoms with van der Waals surface area (Å²) < 4.78 is 5.39. The molecule has 0 spiro atoms. The lowest BCUT2D eigenvalue weighted by Crippen LogP contribution is -2.33. The molecule has 30 heavy (non-hydrogen) atoms. The Labute approximate surface area is 177 Å². The number of esters is 1. The number of nitrogens with one attached hydrogen (secondary N) is 1. The van der Waals surface area contributed by atoms with Gasteiger partial charge in [0, 0.05) is 24.3 Å². The molecule has 0 aliphatic carbocycles. The Bertz CT molecular complexity index is 969. The van der Waals surface area contributed by atoms with Gasteiger partial charge < -0.3 is 15.0 Å². The molecule has 1 aliphatic rings. The maximum Gasteiger partial charge on any atom is 0.312 e. The van der Waals surface area contributed by atoms with Crippen molar-refractivity contribution in [2.75, 3.05) is 16.8 Å². The van der Waals surface area contributed by atoms with Gasteiger partial charge in [0.15, 0.2) is 6.10 Å². The number of ether oxygens (including phenoxy) is 1. The van der Waals surface area contributed by atoms with Gasteiger partial charge in [0.2, 0.25) is 5.91 Å². The molecule has 2 atom stereocenters. The Hall–Kier alpha value is -3.15. The van der Waals surface area contributed by atoms with Crippen molar-refractivity contribution >= 4 is 29.2 Å². The fourth-order valence-corrected chi connectivity index (χ4v) is 3.68. The first kappa shape index (κ1) is 21.6. The molecule has 1 fully saturated rings. The molecular formula is C24H28N2O4. The molecule has 0 aromatic heterocycles. The first-order chi connectivity index (χ1) is 14.3. The number of hydrogen-bond donors (Lipinski definition) is 1. The van der Waals surface area contributed by atoms with E-state index in [4.69, 9.17) is 4.74 Å². The molecule has 0 saturated carbocycles. The monoisotopic (exact) mass is 408 g/mol. The summed E-state index contributed by atoms with van der Waals surface area (Å²) in [6.07, 6.45) is -0.0715. The van der Waals surface area contributed by atoms with Crippen molar-refractivity contribution in [3.05, 3.63) is 59.2 Å². The molecule has 0 bridgehead atoms. The molecule has 1 saturated heterocycles. The van der Waals surface area contributed by atoms with Gasteiger partial charge in [-0.2, -0.15) is 0 Å². The number of benzene rings is 2. The van der Waals surface area contributed by atoms with Crippen LogP contribution in [-0.4, -0.2) is 30.4 Å². The third-order valence-corrected chi connectivity index (χ3v) is 5.42. The molecule has 158 valence electrons. The first-order valence-electron chi connectivity index (χ1n) is 10.3. The zero-order valence-electron chi connectivity index (χ0n) is 17.9. The summed E-state index contributed by atoms with van der Waals surface area (Å²) in [6.45, 7) is 7.72. The van der Waals surface area contributed by atoms with Crippen LogP contribution in [0, 0.1) is 19.8 Å². The second-order valence-corrected chi connectivity index (χ2v) is 7.77. The lowest BCUT2D eigenvalue weighted by atomic mass is 10.1. The summed E-state index contributed by atoms with van der Waals surface area (Å²) in [5.74, 6) is -1.61. The molecule has 6 nitrogen and oxygen atoms in total. The topological polar surface area (TPSA) is 75.7 Å². The number of rotatable bonds is 6. The first-order valence-corrected chi connectivity index (χ1v) is 10.3. The molecule has 2 aromatic rings. The molecule has 2 aromatic carbocycles.